The van der Waals surface area contributed by atoms with Gasteiger partial charge in [-0.05, 0) is 34.4 Å². The summed E-state index contributed by atoms with van der Waals surface area (Å²) in [5.74, 6) is 0. The molecule has 0 heterocycles. The average molecular weight is 420 g/mol. The lowest BCUT2D eigenvalue weighted by Crippen LogP contribution is -2.42. The van der Waals surface area contributed by atoms with Crippen molar-refractivity contribution in [1.29, 1.82) is 0 Å². The Hall–Kier alpha value is -0.630. The van der Waals surface area contributed by atoms with Crippen LogP contribution in [0.2, 0.25) is 0 Å². The molecule has 0 saturated carbocycles. The van der Waals surface area contributed by atoms with Crippen LogP contribution in [0.4, 0.5) is 0 Å². The second-order valence-electron chi connectivity index (χ2n) is 9.28. The Balaban J connectivity index is 0.00000165. The van der Waals surface area contributed by atoms with Gasteiger partial charge in [0.15, 0.2) is 0 Å². The number of aliphatic hydroxyl groups excluding tert-OH is 4. The molecule has 0 spiro atoms. The van der Waals surface area contributed by atoms with E-state index < -0.39 is 39.9 Å². The first-order chi connectivity index (χ1) is 12.6. The molecule has 28 heavy (non-hydrogen) atoms. The molecule has 1 rings (SSSR count). The van der Waals surface area contributed by atoms with Gasteiger partial charge in [0.05, 0.1) is 31.3 Å². The van der Waals surface area contributed by atoms with Crippen LogP contribution in [0.25, 0.3) is 0 Å². The molecule has 0 radical (unpaired) electrons. The Morgan fingerprint density at radius 3 is 1.29 bits per heavy atom. The van der Waals surface area contributed by atoms with Crippen molar-refractivity contribution in [2.45, 2.75) is 65.4 Å². The van der Waals surface area contributed by atoms with Crippen LogP contribution in [0.5, 0.6) is 0 Å². The summed E-state index contributed by atoms with van der Waals surface area (Å²) in [5.41, 5.74) is 1.92. The van der Waals surface area contributed by atoms with E-state index in [1.54, 1.807) is 0 Å². The summed E-state index contributed by atoms with van der Waals surface area (Å²) in [4.78, 5) is 21.7. The zero-order valence-corrected chi connectivity index (χ0v) is 18.8. The molecule has 0 aromatic heterocycles. The summed E-state index contributed by atoms with van der Waals surface area (Å²) < 4.78 is 0. The fourth-order valence-electron chi connectivity index (χ4n) is 3.05. The average Bonchev–Trinajstić information content (AvgIpc) is 2.54. The monoisotopic (exact) mass is 420 g/mol. The molecule has 8 heteroatoms. The lowest BCUT2D eigenvalue weighted by atomic mass is 9.69. The Kier molecular flexibility index (Phi) is 10.2. The molecule has 1 unspecified atom stereocenters. The van der Waals surface area contributed by atoms with Gasteiger partial charge in [-0.25, -0.2) is 0 Å². The SMILES string of the molecule is Cc1cc(C(C)(C)C)c(C(O)C(CO)(CO)CO)c(C(C)(C)C)c1.OP(O)O. The van der Waals surface area contributed by atoms with Crippen molar-refractivity contribution < 1.29 is 35.1 Å². The van der Waals surface area contributed by atoms with Crippen molar-refractivity contribution in [1.82, 2.24) is 0 Å². The van der Waals surface area contributed by atoms with Crippen LogP contribution in [-0.4, -0.2) is 54.9 Å². The third-order valence-electron chi connectivity index (χ3n) is 4.74. The number of hydrogen-bond donors (Lipinski definition) is 7. The lowest BCUT2D eigenvalue weighted by Gasteiger charge is -2.39. The van der Waals surface area contributed by atoms with Crippen molar-refractivity contribution in [2.75, 3.05) is 19.8 Å². The normalized spacial score (nSPS) is 14.0. The predicted octanol–water partition coefficient (Wildman–Crippen LogP) is 1.78. The van der Waals surface area contributed by atoms with Crippen LogP contribution in [0.3, 0.4) is 0 Å². The molecular weight excluding hydrogens is 383 g/mol. The van der Waals surface area contributed by atoms with E-state index in [4.69, 9.17) is 14.7 Å². The van der Waals surface area contributed by atoms with Crippen molar-refractivity contribution in [2.24, 2.45) is 5.41 Å². The van der Waals surface area contributed by atoms with Crippen molar-refractivity contribution in [3.05, 3.63) is 34.4 Å². The molecule has 0 amide bonds. The van der Waals surface area contributed by atoms with E-state index in [1.165, 1.54) is 0 Å². The van der Waals surface area contributed by atoms with E-state index in [0.29, 0.717) is 5.56 Å². The van der Waals surface area contributed by atoms with E-state index in [2.05, 4.69) is 41.5 Å². The number of rotatable bonds is 5. The minimum absolute atomic E-state index is 0.228. The van der Waals surface area contributed by atoms with E-state index in [1.807, 2.05) is 19.1 Å². The standard InChI is InChI=1S/C20H34O4.H3O3P/c1-13-8-14(18(2,3)4)16(15(9-13)19(5,6)7)17(24)20(10-21,11-22)12-23;1-4(2)3/h8-9,17,21-24H,10-12H2,1-7H3;1-3H. The van der Waals surface area contributed by atoms with Crippen molar-refractivity contribution >= 4 is 8.60 Å². The van der Waals surface area contributed by atoms with Crippen LogP contribution >= 0.6 is 8.60 Å². The second kappa shape index (κ2) is 10.4. The van der Waals surface area contributed by atoms with E-state index in [-0.39, 0.29) is 10.8 Å². The third-order valence-corrected chi connectivity index (χ3v) is 4.74. The van der Waals surface area contributed by atoms with Crippen LogP contribution in [0.15, 0.2) is 12.1 Å². The highest BCUT2D eigenvalue weighted by Crippen LogP contribution is 2.44. The number of aliphatic hydroxyl groups is 4. The van der Waals surface area contributed by atoms with Gasteiger partial charge in [0, 0.05) is 0 Å². The fraction of sp³-hybridized carbons (Fsp3) is 0.700. The van der Waals surface area contributed by atoms with Crippen LogP contribution < -0.4 is 0 Å². The largest absolute Gasteiger partial charge is 0.395 e. The highest BCUT2D eigenvalue weighted by Gasteiger charge is 2.42. The Morgan fingerprint density at radius 1 is 0.786 bits per heavy atom. The molecule has 0 aliphatic heterocycles. The van der Waals surface area contributed by atoms with Crippen LogP contribution in [0, 0.1) is 12.3 Å². The van der Waals surface area contributed by atoms with Gasteiger partial charge in [0.1, 0.15) is 0 Å². The first-order valence-corrected chi connectivity index (χ1v) is 10.3. The summed E-state index contributed by atoms with van der Waals surface area (Å²) in [7, 11) is -2.62. The highest BCUT2D eigenvalue weighted by atomic mass is 31.2. The molecule has 0 fully saturated rings. The maximum absolute atomic E-state index is 11.1. The molecule has 7 nitrogen and oxygen atoms in total. The fourth-order valence-corrected chi connectivity index (χ4v) is 3.05. The minimum Gasteiger partial charge on any atom is -0.395 e. The van der Waals surface area contributed by atoms with Gasteiger partial charge in [0.2, 0.25) is 0 Å². The summed E-state index contributed by atoms with van der Waals surface area (Å²) in [6, 6.07) is 4.09. The Bertz CT molecular complexity index is 568. The van der Waals surface area contributed by atoms with Gasteiger partial charge in [-0.2, -0.15) is 0 Å². The highest BCUT2D eigenvalue weighted by molar-refractivity contribution is 7.38. The van der Waals surface area contributed by atoms with Gasteiger partial charge in [0.25, 0.3) is 0 Å². The topological polar surface area (TPSA) is 142 Å². The maximum Gasteiger partial charge on any atom is 0.324 e. The Labute approximate surface area is 169 Å². The molecule has 1 atom stereocenters. The summed E-state index contributed by atoms with van der Waals surface area (Å²) >= 11 is 0. The molecule has 7 N–H and O–H groups in total. The first kappa shape index (κ1) is 27.4. The second-order valence-corrected chi connectivity index (χ2v) is 9.82. The van der Waals surface area contributed by atoms with E-state index in [0.717, 1.165) is 16.7 Å². The van der Waals surface area contributed by atoms with E-state index in [9.17, 15) is 20.4 Å². The number of benzene rings is 1. The summed E-state index contributed by atoms with van der Waals surface area (Å²) in [6.45, 7) is 13.0. The van der Waals surface area contributed by atoms with Gasteiger partial charge in [-0.3, -0.25) is 0 Å². The van der Waals surface area contributed by atoms with Gasteiger partial charge in [-0.15, -0.1) is 0 Å². The third kappa shape index (κ3) is 7.01. The maximum atomic E-state index is 11.1. The molecule has 0 aliphatic carbocycles. The van der Waals surface area contributed by atoms with Crippen LogP contribution in [0.1, 0.15) is 69.9 Å². The quantitative estimate of drug-likeness (QED) is 0.360. The molecule has 0 saturated heterocycles. The molecule has 164 valence electrons. The number of aryl methyl sites for hydroxylation is 1. The van der Waals surface area contributed by atoms with Crippen molar-refractivity contribution in [3.8, 4) is 0 Å². The molecular formula is C20H37O7P. The zero-order valence-electron chi connectivity index (χ0n) is 17.9. The zero-order chi connectivity index (χ0) is 22.5. The predicted molar refractivity (Wildman–Crippen MR) is 111 cm³/mol. The van der Waals surface area contributed by atoms with Gasteiger partial charge in [-0.1, -0.05) is 59.2 Å². The lowest BCUT2D eigenvalue weighted by molar-refractivity contribution is -0.0862. The van der Waals surface area contributed by atoms with Gasteiger partial charge >= 0.3 is 8.60 Å². The molecule has 1 aromatic rings. The molecule has 0 aliphatic rings. The molecule has 1 aromatic carbocycles. The smallest absolute Gasteiger partial charge is 0.324 e. The van der Waals surface area contributed by atoms with Crippen molar-refractivity contribution in [3.63, 3.8) is 0 Å². The summed E-state index contributed by atoms with van der Waals surface area (Å²) in [5, 5.41) is 40.4. The Morgan fingerprint density at radius 2 is 1.07 bits per heavy atom. The van der Waals surface area contributed by atoms with Gasteiger partial charge < -0.3 is 35.1 Å². The van der Waals surface area contributed by atoms with Crippen LogP contribution in [-0.2, 0) is 10.8 Å². The first-order valence-electron chi connectivity index (χ1n) is 9.10. The van der Waals surface area contributed by atoms with E-state index >= 15 is 0 Å². The molecule has 0 bridgehead atoms. The number of hydrogen-bond acceptors (Lipinski definition) is 7. The summed E-state index contributed by atoms with van der Waals surface area (Å²) in [6.07, 6.45) is -1.17. The minimum atomic E-state index is -2.62.